The zero-order valence-electron chi connectivity index (χ0n) is 11.3. The number of pyridine rings is 1. The third-order valence-corrected chi connectivity index (χ3v) is 3.97. The lowest BCUT2D eigenvalue weighted by atomic mass is 10.1. The Morgan fingerprint density at radius 3 is 2.89 bits per heavy atom. The van der Waals surface area contributed by atoms with E-state index in [1.807, 2.05) is 0 Å². The van der Waals surface area contributed by atoms with Crippen LogP contribution in [0.3, 0.4) is 0 Å². The molecule has 0 aromatic carbocycles. The van der Waals surface area contributed by atoms with Crippen LogP contribution in [0.2, 0.25) is 0 Å². The highest BCUT2D eigenvalue weighted by atomic mass is 15.3. The maximum atomic E-state index is 4.42. The molecule has 4 heteroatoms. The van der Waals surface area contributed by atoms with Gasteiger partial charge in [0, 0.05) is 24.7 Å². The summed E-state index contributed by atoms with van der Waals surface area (Å²) < 4.78 is 2.16. The van der Waals surface area contributed by atoms with Crippen molar-refractivity contribution < 1.29 is 0 Å². The lowest BCUT2D eigenvalue weighted by molar-refractivity contribution is 0.271. The third-order valence-electron chi connectivity index (χ3n) is 3.97. The van der Waals surface area contributed by atoms with Crippen molar-refractivity contribution >= 4 is 5.65 Å². The molecule has 1 fully saturated rings. The topological polar surface area (TPSA) is 33.4 Å². The molecule has 3 heterocycles. The molecule has 0 radical (unpaired) electrons. The Labute approximate surface area is 108 Å². The van der Waals surface area contributed by atoms with E-state index < -0.39 is 0 Å². The van der Waals surface area contributed by atoms with Gasteiger partial charge in [0.05, 0.1) is 0 Å². The highest BCUT2D eigenvalue weighted by Gasteiger charge is 2.28. The summed E-state index contributed by atoms with van der Waals surface area (Å²) in [4.78, 5) is 2.52. The second kappa shape index (κ2) is 4.35. The zero-order valence-corrected chi connectivity index (χ0v) is 11.3. The van der Waals surface area contributed by atoms with Gasteiger partial charge >= 0.3 is 0 Å². The Morgan fingerprint density at radius 1 is 1.33 bits per heavy atom. The molecule has 0 saturated carbocycles. The van der Waals surface area contributed by atoms with E-state index in [1.165, 1.54) is 18.5 Å². The molecule has 1 unspecified atom stereocenters. The Morgan fingerprint density at radius 2 is 2.17 bits per heavy atom. The Balaban J connectivity index is 1.94. The van der Waals surface area contributed by atoms with Gasteiger partial charge in [-0.15, -0.1) is 10.2 Å². The van der Waals surface area contributed by atoms with Gasteiger partial charge in [0.2, 0.25) is 0 Å². The molecule has 1 atom stereocenters. The first kappa shape index (κ1) is 11.7. The highest BCUT2D eigenvalue weighted by molar-refractivity contribution is 5.46. The fraction of sp³-hybridized carbons (Fsp3) is 0.571. The number of rotatable bonds is 2. The highest BCUT2D eigenvalue weighted by Crippen LogP contribution is 2.27. The van der Waals surface area contributed by atoms with Crippen molar-refractivity contribution in [3.05, 3.63) is 29.7 Å². The molecule has 18 heavy (non-hydrogen) atoms. The quantitative estimate of drug-likeness (QED) is 0.812. The van der Waals surface area contributed by atoms with Gasteiger partial charge in [-0.25, -0.2) is 0 Å². The number of hydrogen-bond acceptors (Lipinski definition) is 3. The standard InChI is InChI=1S/C14H20N4/c1-10(2)17-8-6-12(9-17)14-16-15-13-11(3)5-4-7-18(13)14/h4-5,7,10,12H,6,8-9H2,1-3H3. The largest absolute Gasteiger partial charge is 0.300 e. The van der Waals surface area contributed by atoms with E-state index in [1.54, 1.807) is 0 Å². The summed E-state index contributed by atoms with van der Waals surface area (Å²) in [7, 11) is 0. The SMILES string of the molecule is Cc1cccn2c(C3CCN(C(C)C)C3)nnc12. The number of nitrogens with zero attached hydrogens (tertiary/aromatic N) is 4. The van der Waals surface area contributed by atoms with Crippen molar-refractivity contribution in [2.24, 2.45) is 0 Å². The van der Waals surface area contributed by atoms with Crippen LogP contribution in [0.4, 0.5) is 0 Å². The molecule has 4 nitrogen and oxygen atoms in total. The van der Waals surface area contributed by atoms with Gasteiger partial charge in [0.1, 0.15) is 5.82 Å². The Hall–Kier alpha value is -1.42. The van der Waals surface area contributed by atoms with Crippen molar-refractivity contribution in [2.75, 3.05) is 13.1 Å². The molecule has 0 aliphatic carbocycles. The van der Waals surface area contributed by atoms with Crippen LogP contribution < -0.4 is 0 Å². The van der Waals surface area contributed by atoms with Crippen LogP contribution in [-0.2, 0) is 0 Å². The molecule has 0 amide bonds. The minimum atomic E-state index is 0.518. The molecular formula is C14H20N4. The molecule has 1 aliphatic heterocycles. The van der Waals surface area contributed by atoms with Crippen LogP contribution in [0.5, 0.6) is 0 Å². The number of aromatic nitrogens is 3. The van der Waals surface area contributed by atoms with Gasteiger partial charge in [-0.3, -0.25) is 4.40 Å². The minimum absolute atomic E-state index is 0.518. The molecule has 0 bridgehead atoms. The molecule has 2 aromatic heterocycles. The lowest BCUT2D eigenvalue weighted by Crippen LogP contribution is -2.28. The summed E-state index contributed by atoms with van der Waals surface area (Å²) in [6.45, 7) is 8.88. The smallest absolute Gasteiger partial charge is 0.163 e. The first-order valence-electron chi connectivity index (χ1n) is 6.71. The number of fused-ring (bicyclic) bond motifs is 1. The van der Waals surface area contributed by atoms with Crippen LogP contribution in [0, 0.1) is 6.92 Å². The normalized spacial score (nSPS) is 21.2. The van der Waals surface area contributed by atoms with Gasteiger partial charge in [-0.1, -0.05) is 6.07 Å². The van der Waals surface area contributed by atoms with Crippen LogP contribution >= 0.6 is 0 Å². The van der Waals surface area contributed by atoms with Gasteiger partial charge in [0.25, 0.3) is 0 Å². The number of likely N-dealkylation sites (tertiary alicyclic amines) is 1. The fourth-order valence-corrected chi connectivity index (χ4v) is 2.81. The van der Waals surface area contributed by atoms with Crippen LogP contribution in [-0.4, -0.2) is 38.6 Å². The molecule has 0 spiro atoms. The summed E-state index contributed by atoms with van der Waals surface area (Å²) >= 11 is 0. The van der Waals surface area contributed by atoms with E-state index in [0.29, 0.717) is 12.0 Å². The average Bonchev–Trinajstić information content (AvgIpc) is 2.94. The van der Waals surface area contributed by atoms with Gasteiger partial charge in [-0.2, -0.15) is 0 Å². The summed E-state index contributed by atoms with van der Waals surface area (Å²) in [5, 5.41) is 8.75. The first-order valence-corrected chi connectivity index (χ1v) is 6.71. The second-order valence-corrected chi connectivity index (χ2v) is 5.52. The Bertz CT molecular complexity index is 558. The number of aryl methyl sites for hydroxylation is 1. The van der Waals surface area contributed by atoms with Crippen LogP contribution in [0.25, 0.3) is 5.65 Å². The summed E-state index contributed by atoms with van der Waals surface area (Å²) in [5.41, 5.74) is 2.19. The number of hydrogen-bond donors (Lipinski definition) is 0. The predicted molar refractivity (Wildman–Crippen MR) is 71.8 cm³/mol. The molecule has 0 N–H and O–H groups in total. The lowest BCUT2D eigenvalue weighted by Gasteiger charge is -2.19. The van der Waals surface area contributed by atoms with E-state index in [2.05, 4.69) is 58.6 Å². The van der Waals surface area contributed by atoms with E-state index in [4.69, 9.17) is 0 Å². The Kier molecular flexibility index (Phi) is 2.82. The van der Waals surface area contributed by atoms with Crippen molar-refractivity contribution in [1.29, 1.82) is 0 Å². The summed E-state index contributed by atoms with van der Waals surface area (Å²) in [6, 6.07) is 4.78. The van der Waals surface area contributed by atoms with E-state index in [9.17, 15) is 0 Å². The van der Waals surface area contributed by atoms with Crippen molar-refractivity contribution in [3.8, 4) is 0 Å². The maximum Gasteiger partial charge on any atom is 0.163 e. The summed E-state index contributed by atoms with van der Waals surface area (Å²) in [5.74, 6) is 1.64. The zero-order chi connectivity index (χ0) is 12.7. The molecular weight excluding hydrogens is 224 g/mol. The molecule has 2 aromatic rings. The monoisotopic (exact) mass is 244 g/mol. The fourth-order valence-electron chi connectivity index (χ4n) is 2.81. The maximum absolute atomic E-state index is 4.42. The molecule has 1 saturated heterocycles. The van der Waals surface area contributed by atoms with Crippen LogP contribution in [0.1, 0.15) is 37.6 Å². The summed E-state index contributed by atoms with van der Waals surface area (Å²) in [6.07, 6.45) is 3.27. The van der Waals surface area contributed by atoms with Crippen molar-refractivity contribution in [1.82, 2.24) is 19.5 Å². The van der Waals surface area contributed by atoms with Gasteiger partial charge < -0.3 is 4.90 Å². The molecule has 3 rings (SSSR count). The third kappa shape index (κ3) is 1.81. The van der Waals surface area contributed by atoms with E-state index in [0.717, 1.165) is 18.0 Å². The van der Waals surface area contributed by atoms with Crippen LogP contribution in [0.15, 0.2) is 18.3 Å². The van der Waals surface area contributed by atoms with E-state index in [-0.39, 0.29) is 0 Å². The molecule has 1 aliphatic rings. The van der Waals surface area contributed by atoms with Crippen molar-refractivity contribution in [2.45, 2.75) is 39.2 Å². The minimum Gasteiger partial charge on any atom is -0.300 e. The van der Waals surface area contributed by atoms with E-state index >= 15 is 0 Å². The predicted octanol–water partition coefficient (Wildman–Crippen LogP) is 2.24. The first-order chi connectivity index (χ1) is 8.66. The average molecular weight is 244 g/mol. The van der Waals surface area contributed by atoms with Gasteiger partial charge in [0.15, 0.2) is 5.65 Å². The second-order valence-electron chi connectivity index (χ2n) is 5.52. The molecule has 96 valence electrons. The van der Waals surface area contributed by atoms with Crippen molar-refractivity contribution in [3.63, 3.8) is 0 Å². The van der Waals surface area contributed by atoms with Gasteiger partial charge in [-0.05, 0) is 45.4 Å².